The number of halogens is 1. The molecule has 0 saturated heterocycles. The van der Waals surface area contributed by atoms with Crippen molar-refractivity contribution in [2.24, 2.45) is 0 Å². The Morgan fingerprint density at radius 2 is 1.67 bits per heavy atom. The van der Waals surface area contributed by atoms with E-state index in [0.29, 0.717) is 18.2 Å². The van der Waals surface area contributed by atoms with Gasteiger partial charge in [-0.15, -0.1) is 10.2 Å². The van der Waals surface area contributed by atoms with Crippen molar-refractivity contribution in [1.29, 1.82) is 0 Å². The number of hydrogen-bond donors (Lipinski definition) is 0. The van der Waals surface area contributed by atoms with Crippen molar-refractivity contribution in [3.8, 4) is 0 Å². The van der Waals surface area contributed by atoms with Crippen molar-refractivity contribution in [2.75, 3.05) is 0 Å². The van der Waals surface area contributed by atoms with Crippen molar-refractivity contribution in [3.05, 3.63) is 82.0 Å². The average Bonchev–Trinajstić information content (AvgIpc) is 2.96. The zero-order valence-electron chi connectivity index (χ0n) is 11.2. The molecule has 3 aromatic rings. The fourth-order valence-electron chi connectivity index (χ4n) is 1.91. The van der Waals surface area contributed by atoms with E-state index in [1.165, 1.54) is 0 Å². The van der Waals surface area contributed by atoms with Gasteiger partial charge in [-0.2, -0.15) is 0 Å². The van der Waals surface area contributed by atoms with Crippen LogP contribution in [0, 0.1) is 0 Å². The molecule has 4 heteroatoms. The topological polar surface area (TPSA) is 38.9 Å². The highest BCUT2D eigenvalue weighted by Gasteiger charge is 2.04. The maximum absolute atomic E-state index is 5.62. The summed E-state index contributed by atoms with van der Waals surface area (Å²) in [5.41, 5.74) is 2.24. The molecule has 0 amide bonds. The Hall–Kier alpha value is -2.20. The summed E-state index contributed by atoms with van der Waals surface area (Å²) in [7, 11) is 0. The van der Waals surface area contributed by atoms with Gasteiger partial charge in [-0.05, 0) is 29.3 Å². The van der Waals surface area contributed by atoms with E-state index in [9.17, 15) is 0 Å². The summed E-state index contributed by atoms with van der Waals surface area (Å²) < 4.78 is 6.68. The predicted octanol–water partition coefficient (Wildman–Crippen LogP) is 4.59. The first-order valence-corrected chi connectivity index (χ1v) is 7.39. The van der Waals surface area contributed by atoms with Crippen molar-refractivity contribution in [1.82, 2.24) is 10.2 Å². The SMILES string of the molecule is Brc1ccc(Cc2nnc(/C=C/c3ccccc3)o2)cc1. The zero-order chi connectivity index (χ0) is 14.5. The number of hydrogen-bond acceptors (Lipinski definition) is 3. The van der Waals surface area contributed by atoms with Gasteiger partial charge in [0.25, 0.3) is 0 Å². The van der Waals surface area contributed by atoms with Crippen LogP contribution in [0.25, 0.3) is 12.2 Å². The fraction of sp³-hybridized carbons (Fsp3) is 0.0588. The van der Waals surface area contributed by atoms with E-state index < -0.39 is 0 Å². The number of aromatic nitrogens is 2. The summed E-state index contributed by atoms with van der Waals surface area (Å²) in [5, 5.41) is 8.10. The molecule has 1 heterocycles. The van der Waals surface area contributed by atoms with Crippen LogP contribution >= 0.6 is 15.9 Å². The number of nitrogens with zero attached hydrogens (tertiary/aromatic N) is 2. The van der Waals surface area contributed by atoms with E-state index >= 15 is 0 Å². The lowest BCUT2D eigenvalue weighted by Gasteiger charge is -1.96. The molecular weight excluding hydrogens is 328 g/mol. The van der Waals surface area contributed by atoms with Gasteiger partial charge in [0, 0.05) is 10.5 Å². The van der Waals surface area contributed by atoms with Gasteiger partial charge >= 0.3 is 0 Å². The largest absolute Gasteiger partial charge is 0.421 e. The zero-order valence-corrected chi connectivity index (χ0v) is 12.8. The molecule has 0 saturated carbocycles. The third-order valence-electron chi connectivity index (χ3n) is 2.97. The van der Waals surface area contributed by atoms with Gasteiger partial charge in [0.15, 0.2) is 0 Å². The second kappa shape index (κ2) is 6.50. The molecule has 0 radical (unpaired) electrons. The molecule has 2 aromatic carbocycles. The first-order chi connectivity index (χ1) is 10.3. The van der Waals surface area contributed by atoms with Crippen LogP contribution in [0.4, 0.5) is 0 Å². The van der Waals surface area contributed by atoms with E-state index in [4.69, 9.17) is 4.42 Å². The van der Waals surface area contributed by atoms with Crippen LogP contribution in [0.1, 0.15) is 22.9 Å². The van der Waals surface area contributed by atoms with E-state index in [0.717, 1.165) is 15.6 Å². The molecule has 3 rings (SSSR count). The van der Waals surface area contributed by atoms with E-state index in [2.05, 4.69) is 26.1 Å². The molecule has 1 aromatic heterocycles. The summed E-state index contributed by atoms with van der Waals surface area (Å²) in [6, 6.07) is 18.1. The normalized spacial score (nSPS) is 11.1. The average molecular weight is 341 g/mol. The maximum Gasteiger partial charge on any atom is 0.240 e. The fourth-order valence-corrected chi connectivity index (χ4v) is 2.18. The van der Waals surface area contributed by atoms with E-state index in [1.54, 1.807) is 0 Å². The highest BCUT2D eigenvalue weighted by molar-refractivity contribution is 9.10. The van der Waals surface area contributed by atoms with Crippen LogP contribution in [-0.4, -0.2) is 10.2 Å². The molecule has 21 heavy (non-hydrogen) atoms. The summed E-state index contributed by atoms with van der Waals surface area (Å²) in [5.74, 6) is 1.14. The molecule has 0 bridgehead atoms. The lowest BCUT2D eigenvalue weighted by atomic mass is 10.1. The third-order valence-corrected chi connectivity index (χ3v) is 3.50. The van der Waals surface area contributed by atoms with Gasteiger partial charge in [-0.1, -0.05) is 58.4 Å². The van der Waals surface area contributed by atoms with Crippen molar-refractivity contribution in [2.45, 2.75) is 6.42 Å². The van der Waals surface area contributed by atoms with Gasteiger partial charge in [-0.3, -0.25) is 0 Å². The van der Waals surface area contributed by atoms with Gasteiger partial charge < -0.3 is 4.42 Å². The van der Waals surface area contributed by atoms with Crippen molar-refractivity contribution >= 4 is 28.1 Å². The van der Waals surface area contributed by atoms with Crippen LogP contribution in [0.5, 0.6) is 0 Å². The molecule has 0 spiro atoms. The monoisotopic (exact) mass is 340 g/mol. The van der Waals surface area contributed by atoms with Crippen LogP contribution in [0.15, 0.2) is 63.5 Å². The summed E-state index contributed by atoms with van der Waals surface area (Å²) >= 11 is 3.42. The molecule has 0 aliphatic heterocycles. The Morgan fingerprint density at radius 1 is 0.905 bits per heavy atom. The molecule has 0 aliphatic carbocycles. The second-order valence-electron chi connectivity index (χ2n) is 4.58. The lowest BCUT2D eigenvalue weighted by molar-refractivity contribution is 0.496. The van der Waals surface area contributed by atoms with Crippen LogP contribution < -0.4 is 0 Å². The van der Waals surface area contributed by atoms with E-state index in [1.807, 2.05) is 66.7 Å². The Kier molecular flexibility index (Phi) is 4.26. The van der Waals surface area contributed by atoms with Crippen molar-refractivity contribution in [3.63, 3.8) is 0 Å². The standard InChI is InChI=1S/C17H13BrN2O/c18-15-9-6-14(7-10-15)12-17-20-19-16(21-17)11-8-13-4-2-1-3-5-13/h1-11H,12H2/b11-8+. The van der Waals surface area contributed by atoms with Gasteiger partial charge in [-0.25, -0.2) is 0 Å². The molecule has 0 fully saturated rings. The Morgan fingerprint density at radius 3 is 2.43 bits per heavy atom. The summed E-state index contributed by atoms with van der Waals surface area (Å²) in [4.78, 5) is 0. The molecule has 0 atom stereocenters. The van der Waals surface area contributed by atoms with Crippen molar-refractivity contribution < 1.29 is 4.42 Å². The smallest absolute Gasteiger partial charge is 0.240 e. The summed E-state index contributed by atoms with van der Waals surface area (Å²) in [6.45, 7) is 0. The summed E-state index contributed by atoms with van der Waals surface area (Å²) in [6.07, 6.45) is 4.42. The van der Waals surface area contributed by atoms with Gasteiger partial charge in [0.05, 0.1) is 6.42 Å². The van der Waals surface area contributed by atoms with Crippen LogP contribution in [-0.2, 0) is 6.42 Å². The number of rotatable bonds is 4. The maximum atomic E-state index is 5.62. The molecule has 104 valence electrons. The quantitative estimate of drug-likeness (QED) is 0.697. The Labute approximate surface area is 131 Å². The highest BCUT2D eigenvalue weighted by Crippen LogP contribution is 2.14. The lowest BCUT2D eigenvalue weighted by Crippen LogP contribution is -1.87. The van der Waals surface area contributed by atoms with Gasteiger partial charge in [0.1, 0.15) is 0 Å². The molecule has 0 N–H and O–H groups in total. The second-order valence-corrected chi connectivity index (χ2v) is 5.50. The minimum absolute atomic E-state index is 0.519. The highest BCUT2D eigenvalue weighted by atomic mass is 79.9. The van der Waals surface area contributed by atoms with E-state index in [-0.39, 0.29) is 0 Å². The predicted molar refractivity (Wildman–Crippen MR) is 86.6 cm³/mol. The Balaban J connectivity index is 1.69. The third kappa shape index (κ3) is 3.89. The van der Waals surface area contributed by atoms with Gasteiger partial charge in [0.2, 0.25) is 11.8 Å². The first kappa shape index (κ1) is 13.8. The molecule has 0 aliphatic rings. The Bertz CT molecular complexity index is 733. The van der Waals surface area contributed by atoms with Crippen LogP contribution in [0.3, 0.4) is 0 Å². The van der Waals surface area contributed by atoms with Crippen LogP contribution in [0.2, 0.25) is 0 Å². The molecule has 0 unspecified atom stereocenters. The minimum Gasteiger partial charge on any atom is -0.421 e. The first-order valence-electron chi connectivity index (χ1n) is 6.59. The number of benzene rings is 2. The molecular formula is C17H13BrN2O. The minimum atomic E-state index is 0.519. The molecule has 3 nitrogen and oxygen atoms in total.